The first-order valence-electron chi connectivity index (χ1n) is 6.33. The molecule has 0 aliphatic heterocycles. The first-order chi connectivity index (χ1) is 9.17. The summed E-state index contributed by atoms with van der Waals surface area (Å²) in [6.45, 7) is 5.15. The molecule has 5 nitrogen and oxygen atoms in total. The van der Waals surface area contributed by atoms with Crippen LogP contribution in [0.3, 0.4) is 0 Å². The minimum atomic E-state index is -0.371. The molecule has 0 bridgehead atoms. The number of benzene rings is 1. The molecule has 110 valence electrons. The molecule has 0 fully saturated rings. The van der Waals surface area contributed by atoms with E-state index in [1.807, 2.05) is 13.8 Å². The van der Waals surface area contributed by atoms with Crippen LogP contribution >= 0.6 is 11.6 Å². The van der Waals surface area contributed by atoms with Gasteiger partial charge in [-0.2, -0.15) is 0 Å². The summed E-state index contributed by atoms with van der Waals surface area (Å²) in [5.41, 5.74) is 6.56. The summed E-state index contributed by atoms with van der Waals surface area (Å²) in [5, 5.41) is 5.72. The van der Waals surface area contributed by atoms with Gasteiger partial charge in [0.15, 0.2) is 0 Å². The lowest BCUT2D eigenvalue weighted by molar-refractivity contribution is -0.116. The predicted molar refractivity (Wildman–Crippen MR) is 81.9 cm³/mol. The number of amides is 2. The lowest BCUT2D eigenvalue weighted by Crippen LogP contribution is -2.33. The fraction of sp³-hybridized carbons (Fsp3) is 0.429. The van der Waals surface area contributed by atoms with Crippen LogP contribution in [-0.4, -0.2) is 17.4 Å². The molecule has 1 aromatic rings. The molecule has 0 saturated carbocycles. The molecule has 0 aromatic heterocycles. The number of halogens is 1. The first kappa shape index (κ1) is 16.5. The molecule has 0 heterocycles. The van der Waals surface area contributed by atoms with Gasteiger partial charge in [-0.3, -0.25) is 9.59 Å². The van der Waals surface area contributed by atoms with E-state index >= 15 is 0 Å². The highest BCUT2D eigenvalue weighted by Crippen LogP contribution is 2.25. The molecule has 0 radical (unpaired) electrons. The van der Waals surface area contributed by atoms with E-state index in [0.717, 1.165) is 0 Å². The quantitative estimate of drug-likeness (QED) is 0.781. The Morgan fingerprint density at radius 1 is 1.30 bits per heavy atom. The van der Waals surface area contributed by atoms with Crippen LogP contribution in [0, 0.1) is 0 Å². The van der Waals surface area contributed by atoms with E-state index in [9.17, 15) is 9.59 Å². The van der Waals surface area contributed by atoms with E-state index in [2.05, 4.69) is 10.6 Å². The lowest BCUT2D eigenvalue weighted by atomic mass is 10.00. The molecule has 1 rings (SSSR count). The molecule has 0 unspecified atom stereocenters. The molecule has 0 aliphatic rings. The van der Waals surface area contributed by atoms with Gasteiger partial charge >= 0.3 is 0 Å². The number of carbonyl (C=O) groups is 2. The monoisotopic (exact) mass is 297 g/mol. The van der Waals surface area contributed by atoms with E-state index in [1.165, 1.54) is 6.92 Å². The largest absolute Gasteiger partial charge is 0.326 e. The Morgan fingerprint density at radius 2 is 1.95 bits per heavy atom. The fourth-order valence-electron chi connectivity index (χ4n) is 1.54. The second-order valence-electron chi connectivity index (χ2n) is 5.41. The van der Waals surface area contributed by atoms with E-state index in [1.54, 1.807) is 18.2 Å². The van der Waals surface area contributed by atoms with Crippen molar-refractivity contribution in [1.29, 1.82) is 0 Å². The van der Waals surface area contributed by atoms with Crippen LogP contribution in [0.4, 0.5) is 11.4 Å². The van der Waals surface area contributed by atoms with Crippen molar-refractivity contribution in [2.24, 2.45) is 5.73 Å². The number of anilines is 2. The number of hydrogen-bond donors (Lipinski definition) is 3. The highest BCUT2D eigenvalue weighted by molar-refractivity contribution is 6.34. The summed E-state index contributed by atoms with van der Waals surface area (Å²) in [5.74, 6) is -0.319. The van der Waals surface area contributed by atoms with Crippen LogP contribution in [0.15, 0.2) is 18.2 Å². The number of rotatable bonds is 5. The van der Waals surface area contributed by atoms with Crippen molar-refractivity contribution in [3.63, 3.8) is 0 Å². The highest BCUT2D eigenvalue weighted by Gasteiger charge is 2.13. The van der Waals surface area contributed by atoms with Crippen LogP contribution in [-0.2, 0) is 9.59 Å². The number of nitrogens with two attached hydrogens (primary N) is 1. The Morgan fingerprint density at radius 3 is 2.45 bits per heavy atom. The van der Waals surface area contributed by atoms with Gasteiger partial charge < -0.3 is 16.4 Å². The van der Waals surface area contributed by atoms with E-state index in [0.29, 0.717) is 29.2 Å². The first-order valence-corrected chi connectivity index (χ1v) is 6.71. The van der Waals surface area contributed by atoms with Gasteiger partial charge in [-0.15, -0.1) is 0 Å². The van der Waals surface area contributed by atoms with Crippen LogP contribution in [0.5, 0.6) is 0 Å². The summed E-state index contributed by atoms with van der Waals surface area (Å²) in [4.78, 5) is 22.7. The highest BCUT2D eigenvalue weighted by atomic mass is 35.5. The van der Waals surface area contributed by atoms with Gasteiger partial charge in [0.1, 0.15) is 0 Å². The SMILES string of the molecule is CC(=O)Nc1ccc(NC(=O)CCC(C)(C)N)cc1Cl. The van der Waals surface area contributed by atoms with Gasteiger partial charge in [-0.05, 0) is 38.5 Å². The minimum Gasteiger partial charge on any atom is -0.326 e. The molecule has 6 heteroatoms. The average Bonchev–Trinajstić information content (AvgIpc) is 2.29. The van der Waals surface area contributed by atoms with Crippen molar-refractivity contribution >= 4 is 34.8 Å². The summed E-state index contributed by atoms with van der Waals surface area (Å²) < 4.78 is 0. The van der Waals surface area contributed by atoms with Crippen molar-refractivity contribution in [3.8, 4) is 0 Å². The van der Waals surface area contributed by atoms with E-state index < -0.39 is 0 Å². The average molecular weight is 298 g/mol. The molecule has 2 amide bonds. The topological polar surface area (TPSA) is 84.2 Å². The Hall–Kier alpha value is -1.59. The van der Waals surface area contributed by atoms with E-state index in [4.69, 9.17) is 17.3 Å². The minimum absolute atomic E-state index is 0.119. The van der Waals surface area contributed by atoms with Crippen LogP contribution < -0.4 is 16.4 Å². The maximum absolute atomic E-state index is 11.8. The van der Waals surface area contributed by atoms with Crippen LogP contribution in [0.2, 0.25) is 5.02 Å². The zero-order chi connectivity index (χ0) is 15.3. The fourth-order valence-corrected chi connectivity index (χ4v) is 1.77. The second kappa shape index (κ2) is 6.72. The second-order valence-corrected chi connectivity index (χ2v) is 5.82. The smallest absolute Gasteiger partial charge is 0.224 e. The van der Waals surface area contributed by atoms with Crippen LogP contribution in [0.1, 0.15) is 33.6 Å². The van der Waals surface area contributed by atoms with E-state index in [-0.39, 0.29) is 17.4 Å². The molecule has 0 aliphatic carbocycles. The Balaban J connectivity index is 2.63. The summed E-state index contributed by atoms with van der Waals surface area (Å²) >= 11 is 6.02. The summed E-state index contributed by atoms with van der Waals surface area (Å²) in [6, 6.07) is 4.92. The zero-order valence-corrected chi connectivity index (χ0v) is 12.7. The standard InChI is InChI=1S/C14H20ClN3O2/c1-9(19)17-12-5-4-10(8-11(12)15)18-13(20)6-7-14(2,3)16/h4-5,8H,6-7,16H2,1-3H3,(H,17,19)(H,18,20). The van der Waals surface area contributed by atoms with Crippen molar-refractivity contribution < 1.29 is 9.59 Å². The lowest BCUT2D eigenvalue weighted by Gasteiger charge is -2.17. The third kappa shape index (κ3) is 6.04. The van der Waals surface area contributed by atoms with Crippen molar-refractivity contribution in [2.75, 3.05) is 10.6 Å². The molecule has 0 spiro atoms. The molecule has 4 N–H and O–H groups in total. The maximum Gasteiger partial charge on any atom is 0.224 e. The molecule has 1 aromatic carbocycles. The van der Waals surface area contributed by atoms with Gasteiger partial charge in [-0.25, -0.2) is 0 Å². The molecule has 0 atom stereocenters. The third-order valence-electron chi connectivity index (χ3n) is 2.56. The summed E-state index contributed by atoms with van der Waals surface area (Å²) in [7, 11) is 0. The van der Waals surface area contributed by atoms with Crippen molar-refractivity contribution in [3.05, 3.63) is 23.2 Å². The van der Waals surface area contributed by atoms with Gasteiger partial charge in [0.2, 0.25) is 11.8 Å². The van der Waals surface area contributed by atoms with Crippen molar-refractivity contribution in [2.45, 2.75) is 39.2 Å². The van der Waals surface area contributed by atoms with Gasteiger partial charge in [0.25, 0.3) is 0 Å². The molecular formula is C14H20ClN3O2. The predicted octanol–water partition coefficient (Wildman–Crippen LogP) is 2.75. The number of nitrogens with one attached hydrogen (secondary N) is 2. The third-order valence-corrected chi connectivity index (χ3v) is 2.87. The normalized spacial score (nSPS) is 11.1. The van der Waals surface area contributed by atoms with Gasteiger partial charge in [-0.1, -0.05) is 11.6 Å². The Kier molecular flexibility index (Phi) is 5.53. The Bertz CT molecular complexity index is 510. The molecular weight excluding hydrogens is 278 g/mol. The number of hydrogen-bond acceptors (Lipinski definition) is 3. The molecule has 0 saturated heterocycles. The van der Waals surface area contributed by atoms with Gasteiger partial charge in [0.05, 0.1) is 10.7 Å². The zero-order valence-electron chi connectivity index (χ0n) is 11.9. The van der Waals surface area contributed by atoms with Crippen molar-refractivity contribution in [1.82, 2.24) is 0 Å². The Labute approximate surface area is 123 Å². The van der Waals surface area contributed by atoms with Gasteiger partial charge in [0, 0.05) is 24.6 Å². The maximum atomic E-state index is 11.8. The van der Waals surface area contributed by atoms with Crippen LogP contribution in [0.25, 0.3) is 0 Å². The molecule has 20 heavy (non-hydrogen) atoms. The summed E-state index contributed by atoms with van der Waals surface area (Å²) in [6.07, 6.45) is 0.936. The number of carbonyl (C=O) groups excluding carboxylic acids is 2.